The normalized spacial score (nSPS) is 10.9. The first-order valence-electron chi connectivity index (χ1n) is 8.53. The van der Waals surface area contributed by atoms with E-state index in [-0.39, 0.29) is 5.75 Å². The number of benzene rings is 2. The van der Waals surface area contributed by atoms with Crippen molar-refractivity contribution in [1.29, 1.82) is 0 Å². The molecule has 0 bridgehead atoms. The summed E-state index contributed by atoms with van der Waals surface area (Å²) in [6.45, 7) is 2.69. The van der Waals surface area contributed by atoms with Gasteiger partial charge in [-0.3, -0.25) is 0 Å². The van der Waals surface area contributed by atoms with Crippen LogP contribution in [0.2, 0.25) is 0 Å². The van der Waals surface area contributed by atoms with E-state index in [4.69, 9.17) is 9.94 Å². The van der Waals surface area contributed by atoms with Gasteiger partial charge in [-0.15, -0.1) is 0 Å². The first-order valence-corrected chi connectivity index (χ1v) is 8.53. The molecule has 0 aliphatic rings. The molecule has 138 valence electrons. The van der Waals surface area contributed by atoms with Gasteiger partial charge in [0.1, 0.15) is 12.4 Å². The van der Waals surface area contributed by atoms with Gasteiger partial charge in [0.2, 0.25) is 0 Å². The predicted octanol–water partition coefficient (Wildman–Crippen LogP) is 4.09. The molecule has 27 heavy (non-hydrogen) atoms. The second-order valence-corrected chi connectivity index (χ2v) is 6.08. The van der Waals surface area contributed by atoms with Crippen LogP contribution >= 0.6 is 0 Å². The number of phenols is 1. The zero-order chi connectivity index (χ0) is 19.1. The highest BCUT2D eigenvalue weighted by Gasteiger charge is 2.10. The fraction of sp³-hybridized carbons (Fsp3) is 0.143. The first-order chi connectivity index (χ1) is 13.2. The third kappa shape index (κ3) is 4.76. The van der Waals surface area contributed by atoms with Crippen molar-refractivity contribution in [2.45, 2.75) is 20.1 Å². The highest BCUT2D eigenvalue weighted by atomic mass is 16.5. The van der Waals surface area contributed by atoms with Crippen LogP contribution in [0.3, 0.4) is 0 Å². The quantitative estimate of drug-likeness (QED) is 0.334. The molecule has 0 spiro atoms. The number of pyridine rings is 1. The van der Waals surface area contributed by atoms with Gasteiger partial charge >= 0.3 is 0 Å². The maximum Gasteiger partial charge on any atom is 0.169 e. The van der Waals surface area contributed by atoms with Gasteiger partial charge < -0.3 is 20.4 Å². The van der Waals surface area contributed by atoms with E-state index in [0.717, 1.165) is 11.1 Å². The summed E-state index contributed by atoms with van der Waals surface area (Å²) in [7, 11) is 0. The van der Waals surface area contributed by atoms with E-state index in [9.17, 15) is 5.11 Å². The lowest BCUT2D eigenvalue weighted by Crippen LogP contribution is -2.06. The maximum atomic E-state index is 10.3. The van der Waals surface area contributed by atoms with Crippen molar-refractivity contribution in [1.82, 2.24) is 4.98 Å². The molecule has 3 rings (SSSR count). The molecular weight excluding hydrogens is 342 g/mol. The molecule has 0 radical (unpaired) electrons. The van der Waals surface area contributed by atoms with Gasteiger partial charge in [0.25, 0.3) is 0 Å². The lowest BCUT2D eigenvalue weighted by Gasteiger charge is -2.14. The second-order valence-electron chi connectivity index (χ2n) is 6.08. The average Bonchev–Trinajstić information content (AvgIpc) is 2.69. The van der Waals surface area contributed by atoms with Crippen molar-refractivity contribution < 1.29 is 15.1 Å². The summed E-state index contributed by atoms with van der Waals surface area (Å²) in [6, 6.07) is 17.2. The molecule has 1 aromatic heterocycles. The Bertz CT molecular complexity index is 927. The van der Waals surface area contributed by atoms with Crippen molar-refractivity contribution >= 4 is 12.0 Å². The Labute approximate surface area is 157 Å². The zero-order valence-corrected chi connectivity index (χ0v) is 15.0. The predicted molar refractivity (Wildman–Crippen MR) is 105 cm³/mol. The van der Waals surface area contributed by atoms with Gasteiger partial charge in [0.15, 0.2) is 11.6 Å². The Kier molecular flexibility index (Phi) is 5.89. The maximum absolute atomic E-state index is 10.3. The third-order valence-corrected chi connectivity index (χ3v) is 4.01. The molecule has 6 nitrogen and oxygen atoms in total. The van der Waals surface area contributed by atoms with Gasteiger partial charge in [-0.1, -0.05) is 41.6 Å². The zero-order valence-electron chi connectivity index (χ0n) is 15.0. The number of hydrogen-bond donors (Lipinski definition) is 3. The van der Waals surface area contributed by atoms with Crippen LogP contribution in [0.5, 0.6) is 11.5 Å². The minimum absolute atomic E-state index is 0.0635. The van der Waals surface area contributed by atoms with Crippen molar-refractivity contribution in [3.8, 4) is 11.5 Å². The van der Waals surface area contributed by atoms with Crippen LogP contribution in [-0.2, 0) is 13.2 Å². The molecule has 0 saturated heterocycles. The van der Waals surface area contributed by atoms with E-state index in [2.05, 4.69) is 15.5 Å². The Hall–Kier alpha value is -3.54. The highest BCUT2D eigenvalue weighted by molar-refractivity contribution is 5.84. The number of hydrogen-bond acceptors (Lipinski definition) is 6. The number of aromatic nitrogens is 1. The van der Waals surface area contributed by atoms with Crippen LogP contribution in [0.25, 0.3) is 0 Å². The van der Waals surface area contributed by atoms with Crippen molar-refractivity contribution in [3.63, 3.8) is 0 Å². The van der Waals surface area contributed by atoms with Crippen LogP contribution in [0.1, 0.15) is 22.3 Å². The van der Waals surface area contributed by atoms with E-state index >= 15 is 0 Å². The average molecular weight is 363 g/mol. The molecule has 0 amide bonds. The summed E-state index contributed by atoms with van der Waals surface area (Å²) >= 11 is 0. The topological polar surface area (TPSA) is 87.0 Å². The molecule has 2 aromatic carbocycles. The lowest BCUT2D eigenvalue weighted by molar-refractivity contribution is 0.306. The summed E-state index contributed by atoms with van der Waals surface area (Å²) < 4.78 is 5.89. The van der Waals surface area contributed by atoms with E-state index in [1.54, 1.807) is 12.3 Å². The van der Waals surface area contributed by atoms with Gasteiger partial charge in [-0.25, -0.2) is 4.98 Å². The van der Waals surface area contributed by atoms with Gasteiger partial charge in [0, 0.05) is 23.9 Å². The van der Waals surface area contributed by atoms with Crippen molar-refractivity contribution in [2.24, 2.45) is 5.16 Å². The molecule has 0 unspecified atom stereocenters. The molecule has 3 N–H and O–H groups in total. The number of nitrogens with zero attached hydrogens (tertiary/aromatic N) is 2. The Morgan fingerprint density at radius 1 is 1.15 bits per heavy atom. The Morgan fingerprint density at radius 3 is 2.74 bits per heavy atom. The summed E-state index contributed by atoms with van der Waals surface area (Å²) in [5.41, 5.74) is 3.14. The SMILES string of the molecule is Cc1cc(/C=N/O)c(O)c(CNc2ncccc2OCc2ccccc2)c1. The minimum atomic E-state index is 0.0635. The number of nitrogens with one attached hydrogen (secondary N) is 1. The Morgan fingerprint density at radius 2 is 1.96 bits per heavy atom. The van der Waals surface area contributed by atoms with Crippen LogP contribution in [-0.4, -0.2) is 21.5 Å². The number of ether oxygens (including phenoxy) is 1. The van der Waals surface area contributed by atoms with Crippen molar-refractivity contribution in [3.05, 3.63) is 83.0 Å². The second kappa shape index (κ2) is 8.71. The van der Waals surface area contributed by atoms with Gasteiger partial charge in [0.05, 0.1) is 6.21 Å². The molecule has 0 aliphatic carbocycles. The molecule has 0 aliphatic heterocycles. The summed E-state index contributed by atoms with van der Waals surface area (Å²) in [6.07, 6.45) is 2.89. The number of oxime groups is 1. The lowest BCUT2D eigenvalue weighted by atomic mass is 10.1. The first kappa shape index (κ1) is 18.3. The van der Waals surface area contributed by atoms with Crippen LogP contribution < -0.4 is 10.1 Å². The van der Waals surface area contributed by atoms with E-state index < -0.39 is 0 Å². The summed E-state index contributed by atoms with van der Waals surface area (Å²) in [5, 5.41) is 25.3. The smallest absolute Gasteiger partial charge is 0.169 e. The third-order valence-electron chi connectivity index (χ3n) is 4.01. The fourth-order valence-corrected chi connectivity index (χ4v) is 2.73. The summed E-state index contributed by atoms with van der Waals surface area (Å²) in [4.78, 5) is 4.33. The molecule has 1 heterocycles. The molecule has 3 aromatic rings. The number of phenolic OH excluding ortho intramolecular Hbond substituents is 1. The Balaban J connectivity index is 1.73. The molecule has 6 heteroatoms. The van der Waals surface area contributed by atoms with Gasteiger partial charge in [-0.05, 0) is 36.2 Å². The molecular formula is C21H21N3O3. The van der Waals surface area contributed by atoms with E-state index in [1.807, 2.05) is 55.5 Å². The van der Waals surface area contributed by atoms with Crippen LogP contribution in [0, 0.1) is 6.92 Å². The van der Waals surface area contributed by atoms with Crippen LogP contribution in [0.4, 0.5) is 5.82 Å². The monoisotopic (exact) mass is 363 g/mol. The largest absolute Gasteiger partial charge is 0.507 e. The number of aryl methyl sites for hydroxylation is 1. The standard InChI is InChI=1S/C21H21N3O3/c1-15-10-17(20(25)18(11-15)13-24-26)12-23-21-19(8-5-9-22-21)27-14-16-6-3-2-4-7-16/h2-11,13,25-26H,12,14H2,1H3,(H,22,23)/b24-13+. The molecule has 0 atom stereocenters. The van der Waals surface area contributed by atoms with E-state index in [1.165, 1.54) is 6.21 Å². The van der Waals surface area contributed by atoms with Crippen molar-refractivity contribution in [2.75, 3.05) is 5.32 Å². The summed E-state index contributed by atoms with van der Waals surface area (Å²) in [5.74, 6) is 1.28. The van der Waals surface area contributed by atoms with Gasteiger partial charge in [-0.2, -0.15) is 0 Å². The number of aromatic hydroxyl groups is 1. The van der Waals surface area contributed by atoms with E-state index in [0.29, 0.717) is 35.8 Å². The highest BCUT2D eigenvalue weighted by Crippen LogP contribution is 2.27. The minimum Gasteiger partial charge on any atom is -0.507 e. The fourth-order valence-electron chi connectivity index (χ4n) is 2.73. The molecule has 0 fully saturated rings. The molecule has 0 saturated carbocycles. The number of rotatable bonds is 7. The van der Waals surface area contributed by atoms with Crippen LogP contribution in [0.15, 0.2) is 65.9 Å². The number of anilines is 1.